The van der Waals surface area contributed by atoms with Crippen LogP contribution in [0.1, 0.15) is 36.0 Å². The van der Waals surface area contributed by atoms with Crippen molar-refractivity contribution < 1.29 is 13.2 Å². The highest BCUT2D eigenvalue weighted by Crippen LogP contribution is 2.27. The maximum Gasteiger partial charge on any atom is 0.252 e. The predicted octanol–water partition coefficient (Wildman–Crippen LogP) is 1.52. The second-order valence-electron chi connectivity index (χ2n) is 6.05. The number of benzene rings is 1. The second kappa shape index (κ2) is 6.56. The first kappa shape index (κ1) is 17.2. The molecule has 3 rings (SSSR count). The van der Waals surface area contributed by atoms with Crippen molar-refractivity contribution in [3.8, 4) is 0 Å². The molecule has 2 bridgehead atoms. The van der Waals surface area contributed by atoms with Crippen molar-refractivity contribution in [2.75, 3.05) is 6.26 Å². The summed E-state index contributed by atoms with van der Waals surface area (Å²) in [4.78, 5) is 12.5. The van der Waals surface area contributed by atoms with Gasteiger partial charge in [0.1, 0.15) is 0 Å². The molecule has 7 heteroatoms. The summed E-state index contributed by atoms with van der Waals surface area (Å²) in [6, 6.07) is 7.48. The SMILES string of the molecule is CS(=O)(=O)c1ccccc1C(=O)NC1CC2CCC(C1)N2.Cl. The van der Waals surface area contributed by atoms with Crippen molar-refractivity contribution in [2.45, 2.75) is 48.7 Å². The lowest BCUT2D eigenvalue weighted by Crippen LogP contribution is -2.48. The third-order valence-electron chi connectivity index (χ3n) is 4.34. The molecule has 0 aliphatic carbocycles. The largest absolute Gasteiger partial charge is 0.349 e. The van der Waals surface area contributed by atoms with Crippen LogP contribution in [0.5, 0.6) is 0 Å². The molecule has 0 saturated carbocycles. The van der Waals surface area contributed by atoms with Gasteiger partial charge in [-0.15, -0.1) is 12.4 Å². The molecule has 2 fully saturated rings. The van der Waals surface area contributed by atoms with E-state index in [1.54, 1.807) is 18.2 Å². The zero-order valence-corrected chi connectivity index (χ0v) is 14.0. The van der Waals surface area contributed by atoms with Gasteiger partial charge in [0.05, 0.1) is 10.5 Å². The van der Waals surface area contributed by atoms with Crippen molar-refractivity contribution in [3.63, 3.8) is 0 Å². The van der Waals surface area contributed by atoms with Crippen LogP contribution in [0.3, 0.4) is 0 Å². The molecule has 2 atom stereocenters. The summed E-state index contributed by atoms with van der Waals surface area (Å²) in [5, 5.41) is 6.53. The Hall–Kier alpha value is -1.11. The third kappa shape index (κ3) is 3.62. The molecule has 2 heterocycles. The van der Waals surface area contributed by atoms with E-state index in [1.165, 1.54) is 6.07 Å². The standard InChI is InChI=1S/C15H20N2O3S.ClH/c1-21(19,20)14-5-3-2-4-13(14)15(18)17-12-8-10-6-7-11(9-12)16-10;/h2-5,10-12,16H,6-9H2,1H3,(H,17,18);1H. The van der Waals surface area contributed by atoms with Gasteiger partial charge >= 0.3 is 0 Å². The van der Waals surface area contributed by atoms with E-state index in [0.717, 1.165) is 31.9 Å². The number of nitrogens with one attached hydrogen (secondary N) is 2. The van der Waals surface area contributed by atoms with Crippen LogP contribution >= 0.6 is 12.4 Å². The number of fused-ring (bicyclic) bond motifs is 2. The van der Waals surface area contributed by atoms with Gasteiger partial charge in [0.2, 0.25) is 0 Å². The molecular formula is C15H21ClN2O3S. The number of hydrogen-bond acceptors (Lipinski definition) is 4. The molecule has 2 saturated heterocycles. The summed E-state index contributed by atoms with van der Waals surface area (Å²) in [6.07, 6.45) is 5.30. The van der Waals surface area contributed by atoms with Gasteiger partial charge in [-0.05, 0) is 37.8 Å². The van der Waals surface area contributed by atoms with Crippen molar-refractivity contribution in [1.29, 1.82) is 0 Å². The van der Waals surface area contributed by atoms with Crippen molar-refractivity contribution >= 4 is 28.2 Å². The Morgan fingerprint density at radius 2 is 1.77 bits per heavy atom. The van der Waals surface area contributed by atoms with Crippen LogP contribution in [0.25, 0.3) is 0 Å². The highest BCUT2D eigenvalue weighted by atomic mass is 35.5. The summed E-state index contributed by atoms with van der Waals surface area (Å²) >= 11 is 0. The lowest BCUT2D eigenvalue weighted by molar-refractivity contribution is 0.0920. The number of amides is 1. The van der Waals surface area contributed by atoms with Crippen molar-refractivity contribution in [1.82, 2.24) is 10.6 Å². The summed E-state index contributed by atoms with van der Waals surface area (Å²) in [7, 11) is -3.40. The minimum atomic E-state index is -3.40. The zero-order valence-electron chi connectivity index (χ0n) is 12.4. The Kier molecular flexibility index (Phi) is 5.14. The van der Waals surface area contributed by atoms with Gasteiger partial charge in [-0.3, -0.25) is 4.79 Å². The van der Waals surface area contributed by atoms with Gasteiger partial charge in [0.15, 0.2) is 9.84 Å². The van der Waals surface area contributed by atoms with Crippen LogP contribution < -0.4 is 10.6 Å². The van der Waals surface area contributed by atoms with Crippen molar-refractivity contribution in [2.24, 2.45) is 0 Å². The topological polar surface area (TPSA) is 75.3 Å². The van der Waals surface area contributed by atoms with Crippen LogP contribution in [0.4, 0.5) is 0 Å². The second-order valence-corrected chi connectivity index (χ2v) is 8.03. The Labute approximate surface area is 137 Å². The number of hydrogen-bond donors (Lipinski definition) is 2. The number of rotatable bonds is 3. The molecule has 0 radical (unpaired) electrons. The summed E-state index contributed by atoms with van der Waals surface area (Å²) in [6.45, 7) is 0. The molecule has 2 aliphatic heterocycles. The molecule has 2 N–H and O–H groups in total. The number of sulfone groups is 1. The van der Waals surface area contributed by atoms with Gasteiger partial charge in [0.25, 0.3) is 5.91 Å². The highest BCUT2D eigenvalue weighted by Gasteiger charge is 2.34. The Morgan fingerprint density at radius 3 is 2.36 bits per heavy atom. The number of piperidine rings is 1. The molecule has 0 spiro atoms. The molecule has 122 valence electrons. The van der Waals surface area contributed by atoms with Gasteiger partial charge in [0, 0.05) is 24.4 Å². The number of carbonyl (C=O) groups excluding carboxylic acids is 1. The van der Waals surface area contributed by atoms with E-state index in [2.05, 4.69) is 10.6 Å². The zero-order chi connectivity index (χ0) is 15.0. The van der Waals surface area contributed by atoms with E-state index < -0.39 is 9.84 Å². The van der Waals surface area contributed by atoms with E-state index in [9.17, 15) is 13.2 Å². The highest BCUT2D eigenvalue weighted by molar-refractivity contribution is 7.90. The van der Waals surface area contributed by atoms with Gasteiger partial charge in [-0.1, -0.05) is 12.1 Å². The lowest BCUT2D eigenvalue weighted by atomic mass is 9.99. The maximum atomic E-state index is 12.4. The van der Waals surface area contributed by atoms with Crippen LogP contribution in [0.15, 0.2) is 29.2 Å². The van der Waals surface area contributed by atoms with Crippen LogP contribution in [0, 0.1) is 0 Å². The Morgan fingerprint density at radius 1 is 1.18 bits per heavy atom. The summed E-state index contributed by atoms with van der Waals surface area (Å²) in [5.74, 6) is -0.290. The fourth-order valence-electron chi connectivity index (χ4n) is 3.42. The molecular weight excluding hydrogens is 324 g/mol. The minimum absolute atomic E-state index is 0. The predicted molar refractivity (Wildman–Crippen MR) is 87.2 cm³/mol. The van der Waals surface area contributed by atoms with Crippen LogP contribution in [-0.2, 0) is 9.84 Å². The monoisotopic (exact) mass is 344 g/mol. The van der Waals surface area contributed by atoms with Crippen LogP contribution in [0.2, 0.25) is 0 Å². The van der Waals surface area contributed by atoms with Gasteiger partial charge < -0.3 is 10.6 Å². The number of carbonyl (C=O) groups is 1. The normalized spacial score (nSPS) is 27.0. The fraction of sp³-hybridized carbons (Fsp3) is 0.533. The van der Waals surface area contributed by atoms with E-state index in [-0.39, 0.29) is 34.8 Å². The quantitative estimate of drug-likeness (QED) is 0.871. The molecule has 1 aromatic carbocycles. The molecule has 1 amide bonds. The third-order valence-corrected chi connectivity index (χ3v) is 5.49. The maximum absolute atomic E-state index is 12.4. The van der Waals surface area contributed by atoms with E-state index in [0.29, 0.717) is 12.1 Å². The molecule has 22 heavy (non-hydrogen) atoms. The summed E-state index contributed by atoms with van der Waals surface area (Å²) < 4.78 is 23.5. The fourth-order valence-corrected chi connectivity index (χ4v) is 4.30. The number of halogens is 1. The smallest absolute Gasteiger partial charge is 0.252 e. The van der Waals surface area contributed by atoms with E-state index in [1.807, 2.05) is 0 Å². The lowest BCUT2D eigenvalue weighted by Gasteiger charge is -2.29. The molecule has 2 aliphatic rings. The first-order chi connectivity index (χ1) is 9.93. The molecule has 1 aromatic rings. The van der Waals surface area contributed by atoms with Gasteiger partial charge in [-0.25, -0.2) is 8.42 Å². The Bertz CT molecular complexity index is 651. The van der Waals surface area contributed by atoms with Crippen LogP contribution in [-0.4, -0.2) is 38.7 Å². The van der Waals surface area contributed by atoms with E-state index in [4.69, 9.17) is 0 Å². The first-order valence-corrected chi connectivity index (χ1v) is 9.18. The van der Waals surface area contributed by atoms with E-state index >= 15 is 0 Å². The average Bonchev–Trinajstić information content (AvgIpc) is 2.77. The molecule has 2 unspecified atom stereocenters. The minimum Gasteiger partial charge on any atom is -0.349 e. The van der Waals surface area contributed by atoms with Gasteiger partial charge in [-0.2, -0.15) is 0 Å². The molecule has 0 aromatic heterocycles. The van der Waals surface area contributed by atoms with Crippen molar-refractivity contribution in [3.05, 3.63) is 29.8 Å². The average molecular weight is 345 g/mol. The Balaban J connectivity index is 0.00000176. The first-order valence-electron chi connectivity index (χ1n) is 7.29. The summed E-state index contributed by atoms with van der Waals surface area (Å²) in [5.41, 5.74) is 0.242. The molecule has 5 nitrogen and oxygen atoms in total.